The summed E-state index contributed by atoms with van der Waals surface area (Å²) in [6, 6.07) is 9.62. The first kappa shape index (κ1) is 16.5. The average Bonchev–Trinajstić information content (AvgIpc) is 2.48. The van der Waals surface area contributed by atoms with Gasteiger partial charge in [-0.05, 0) is 56.6 Å². The Morgan fingerprint density at radius 2 is 1.81 bits per heavy atom. The fourth-order valence-electron chi connectivity index (χ4n) is 3.15. The van der Waals surface area contributed by atoms with Gasteiger partial charge in [-0.15, -0.1) is 0 Å². The topological polar surface area (TPSA) is 21.3 Å². The molecule has 0 aromatic heterocycles. The highest BCUT2D eigenvalue weighted by Gasteiger charge is 2.19. The average molecular weight is 289 g/mol. The van der Waals surface area contributed by atoms with Gasteiger partial charge < -0.3 is 10.1 Å². The van der Waals surface area contributed by atoms with Crippen LogP contribution >= 0.6 is 0 Å². The zero-order chi connectivity index (χ0) is 15.1. The summed E-state index contributed by atoms with van der Waals surface area (Å²) in [6.45, 7) is 9.67. The summed E-state index contributed by atoms with van der Waals surface area (Å²) >= 11 is 0. The quantitative estimate of drug-likeness (QED) is 0.820. The molecule has 0 amide bonds. The molecule has 2 rings (SSSR count). The van der Waals surface area contributed by atoms with E-state index in [-0.39, 0.29) is 0 Å². The molecule has 1 aliphatic heterocycles. The predicted octanol–water partition coefficient (Wildman–Crippen LogP) is 3.97. The van der Waals surface area contributed by atoms with Crippen molar-refractivity contribution in [3.63, 3.8) is 0 Å². The standard InChI is InChI=1S/C19H31NO/c1-15(2)20-14-19(13-18-8-10-21-11-9-18)12-17-6-4-16(3)5-7-17/h4-7,15,18-20H,8-14H2,1-3H3. The zero-order valence-electron chi connectivity index (χ0n) is 13.9. The zero-order valence-corrected chi connectivity index (χ0v) is 13.9. The van der Waals surface area contributed by atoms with Gasteiger partial charge in [0.15, 0.2) is 0 Å². The molecule has 21 heavy (non-hydrogen) atoms. The fraction of sp³-hybridized carbons (Fsp3) is 0.684. The van der Waals surface area contributed by atoms with Crippen LogP contribution < -0.4 is 5.32 Å². The molecule has 0 radical (unpaired) electrons. The van der Waals surface area contributed by atoms with E-state index in [1.54, 1.807) is 0 Å². The van der Waals surface area contributed by atoms with Crippen LogP contribution in [0, 0.1) is 18.8 Å². The van der Waals surface area contributed by atoms with E-state index in [1.165, 1.54) is 36.8 Å². The molecule has 1 atom stereocenters. The highest BCUT2D eigenvalue weighted by molar-refractivity contribution is 5.21. The second-order valence-electron chi connectivity index (χ2n) is 6.91. The van der Waals surface area contributed by atoms with Crippen LogP contribution in [0.3, 0.4) is 0 Å². The molecule has 1 N–H and O–H groups in total. The number of benzene rings is 1. The SMILES string of the molecule is Cc1ccc(CC(CNC(C)C)CC2CCOCC2)cc1. The Balaban J connectivity index is 1.91. The monoisotopic (exact) mass is 289 g/mol. The van der Waals surface area contributed by atoms with Gasteiger partial charge in [0.25, 0.3) is 0 Å². The molecule has 1 aliphatic rings. The van der Waals surface area contributed by atoms with Crippen LogP contribution in [0.1, 0.15) is 44.2 Å². The summed E-state index contributed by atoms with van der Waals surface area (Å²) in [5.41, 5.74) is 2.82. The lowest BCUT2D eigenvalue weighted by Crippen LogP contribution is -2.32. The van der Waals surface area contributed by atoms with Gasteiger partial charge in [0.1, 0.15) is 0 Å². The van der Waals surface area contributed by atoms with Gasteiger partial charge in [-0.1, -0.05) is 43.7 Å². The van der Waals surface area contributed by atoms with E-state index in [2.05, 4.69) is 50.4 Å². The number of hydrogen-bond donors (Lipinski definition) is 1. The molecular formula is C19H31NO. The molecule has 1 aromatic rings. The minimum Gasteiger partial charge on any atom is -0.381 e. The van der Waals surface area contributed by atoms with E-state index in [1.807, 2.05) is 0 Å². The first-order chi connectivity index (χ1) is 10.1. The summed E-state index contributed by atoms with van der Waals surface area (Å²) in [6.07, 6.45) is 5.01. The van der Waals surface area contributed by atoms with Gasteiger partial charge in [-0.2, -0.15) is 0 Å². The van der Waals surface area contributed by atoms with Gasteiger partial charge in [-0.3, -0.25) is 0 Å². The molecule has 2 heteroatoms. The van der Waals surface area contributed by atoms with E-state index in [0.29, 0.717) is 6.04 Å². The molecule has 1 unspecified atom stereocenters. The molecular weight excluding hydrogens is 258 g/mol. The molecule has 0 saturated carbocycles. The van der Waals surface area contributed by atoms with Crippen molar-refractivity contribution >= 4 is 0 Å². The molecule has 1 saturated heterocycles. The van der Waals surface area contributed by atoms with E-state index in [0.717, 1.165) is 31.6 Å². The van der Waals surface area contributed by atoms with Crippen molar-refractivity contribution in [2.24, 2.45) is 11.8 Å². The lowest BCUT2D eigenvalue weighted by Gasteiger charge is -2.27. The third kappa shape index (κ3) is 6.19. The minimum atomic E-state index is 0.570. The first-order valence-electron chi connectivity index (χ1n) is 8.50. The Morgan fingerprint density at radius 1 is 1.14 bits per heavy atom. The summed E-state index contributed by atoms with van der Waals surface area (Å²) < 4.78 is 5.50. The molecule has 1 aromatic carbocycles. The van der Waals surface area contributed by atoms with Crippen molar-refractivity contribution in [3.8, 4) is 0 Å². The summed E-state index contributed by atoms with van der Waals surface area (Å²) in [5, 5.41) is 3.64. The van der Waals surface area contributed by atoms with Crippen LogP contribution in [0.4, 0.5) is 0 Å². The maximum atomic E-state index is 5.50. The van der Waals surface area contributed by atoms with Crippen LogP contribution in [0.15, 0.2) is 24.3 Å². The van der Waals surface area contributed by atoms with Crippen molar-refractivity contribution in [2.75, 3.05) is 19.8 Å². The Hall–Kier alpha value is -0.860. The van der Waals surface area contributed by atoms with Gasteiger partial charge >= 0.3 is 0 Å². The smallest absolute Gasteiger partial charge is 0.0468 e. The van der Waals surface area contributed by atoms with E-state index in [9.17, 15) is 0 Å². The summed E-state index contributed by atoms with van der Waals surface area (Å²) in [4.78, 5) is 0. The Bertz CT molecular complexity index is 393. The maximum Gasteiger partial charge on any atom is 0.0468 e. The normalized spacial score (nSPS) is 18.1. The fourth-order valence-corrected chi connectivity index (χ4v) is 3.15. The van der Waals surface area contributed by atoms with Gasteiger partial charge in [0.2, 0.25) is 0 Å². The third-order valence-corrected chi connectivity index (χ3v) is 4.47. The molecule has 118 valence electrons. The second-order valence-corrected chi connectivity index (χ2v) is 6.91. The number of rotatable bonds is 7. The molecule has 2 nitrogen and oxygen atoms in total. The van der Waals surface area contributed by atoms with Crippen LogP contribution in [0.25, 0.3) is 0 Å². The van der Waals surface area contributed by atoms with Crippen LogP contribution in [-0.4, -0.2) is 25.8 Å². The molecule has 1 heterocycles. The minimum absolute atomic E-state index is 0.570. The second kappa shape index (κ2) is 8.55. The highest BCUT2D eigenvalue weighted by Crippen LogP contribution is 2.25. The van der Waals surface area contributed by atoms with E-state index < -0.39 is 0 Å². The highest BCUT2D eigenvalue weighted by atomic mass is 16.5. The maximum absolute atomic E-state index is 5.50. The van der Waals surface area contributed by atoms with E-state index in [4.69, 9.17) is 4.74 Å². The molecule has 0 spiro atoms. The predicted molar refractivity (Wildman–Crippen MR) is 89.7 cm³/mol. The van der Waals surface area contributed by atoms with Gasteiger partial charge in [-0.25, -0.2) is 0 Å². The van der Waals surface area contributed by atoms with Crippen molar-refractivity contribution in [1.82, 2.24) is 5.32 Å². The lowest BCUT2D eigenvalue weighted by molar-refractivity contribution is 0.0584. The molecule has 0 bridgehead atoms. The van der Waals surface area contributed by atoms with Gasteiger partial charge in [0, 0.05) is 19.3 Å². The van der Waals surface area contributed by atoms with Crippen LogP contribution in [0.2, 0.25) is 0 Å². The summed E-state index contributed by atoms with van der Waals surface area (Å²) in [7, 11) is 0. The third-order valence-electron chi connectivity index (χ3n) is 4.47. The number of ether oxygens (including phenoxy) is 1. The van der Waals surface area contributed by atoms with Crippen LogP contribution in [-0.2, 0) is 11.2 Å². The van der Waals surface area contributed by atoms with Gasteiger partial charge in [0.05, 0.1) is 0 Å². The molecule has 1 fully saturated rings. The van der Waals surface area contributed by atoms with Crippen LogP contribution in [0.5, 0.6) is 0 Å². The Morgan fingerprint density at radius 3 is 2.43 bits per heavy atom. The van der Waals surface area contributed by atoms with Crippen molar-refractivity contribution in [1.29, 1.82) is 0 Å². The number of aryl methyl sites for hydroxylation is 1. The van der Waals surface area contributed by atoms with E-state index >= 15 is 0 Å². The summed E-state index contributed by atoms with van der Waals surface area (Å²) in [5.74, 6) is 1.58. The molecule has 0 aliphatic carbocycles. The number of hydrogen-bond acceptors (Lipinski definition) is 2. The largest absolute Gasteiger partial charge is 0.381 e. The van der Waals surface area contributed by atoms with Crippen molar-refractivity contribution in [3.05, 3.63) is 35.4 Å². The van der Waals surface area contributed by atoms with Crippen molar-refractivity contribution < 1.29 is 4.74 Å². The first-order valence-corrected chi connectivity index (χ1v) is 8.50. The Labute approximate surface area is 130 Å². The Kier molecular flexibility index (Phi) is 6.72. The number of nitrogens with one attached hydrogen (secondary N) is 1. The lowest BCUT2D eigenvalue weighted by atomic mass is 9.85. The van der Waals surface area contributed by atoms with Crippen molar-refractivity contribution in [2.45, 2.75) is 52.5 Å².